The van der Waals surface area contributed by atoms with Gasteiger partial charge in [-0.2, -0.15) is 0 Å². The lowest BCUT2D eigenvalue weighted by Gasteiger charge is -2.19. The van der Waals surface area contributed by atoms with Crippen molar-refractivity contribution in [1.82, 2.24) is 0 Å². The predicted molar refractivity (Wildman–Crippen MR) is 68.8 cm³/mol. The van der Waals surface area contributed by atoms with E-state index in [1.54, 1.807) is 6.21 Å². The molecule has 2 nitrogen and oxygen atoms in total. The van der Waals surface area contributed by atoms with Crippen LogP contribution in [0.5, 0.6) is 0 Å². The van der Waals surface area contributed by atoms with Gasteiger partial charge in [-0.1, -0.05) is 36.7 Å². The van der Waals surface area contributed by atoms with Crippen molar-refractivity contribution in [3.8, 4) is 0 Å². The van der Waals surface area contributed by atoms with Gasteiger partial charge in [0.15, 0.2) is 6.10 Å². The van der Waals surface area contributed by atoms with Crippen molar-refractivity contribution in [2.45, 2.75) is 46.6 Å². The summed E-state index contributed by atoms with van der Waals surface area (Å²) in [5.74, 6) is 0. The van der Waals surface area contributed by atoms with Gasteiger partial charge in [-0.3, -0.25) is 0 Å². The van der Waals surface area contributed by atoms with E-state index in [9.17, 15) is 0 Å². The third-order valence-corrected chi connectivity index (χ3v) is 2.71. The molecule has 0 unspecified atom stereocenters. The van der Waals surface area contributed by atoms with E-state index >= 15 is 0 Å². The molecule has 1 aromatic rings. The molecule has 0 bridgehead atoms. The number of oxime groups is 1. The molecule has 1 aromatic carbocycles. The molecule has 0 spiro atoms. The zero-order valence-electron chi connectivity index (χ0n) is 10.7. The quantitative estimate of drug-likeness (QED) is 0.538. The van der Waals surface area contributed by atoms with Gasteiger partial charge < -0.3 is 4.84 Å². The van der Waals surface area contributed by atoms with Crippen LogP contribution in [0.15, 0.2) is 23.4 Å². The van der Waals surface area contributed by atoms with Crippen molar-refractivity contribution >= 4 is 6.21 Å². The van der Waals surface area contributed by atoms with Crippen LogP contribution in [-0.4, -0.2) is 6.21 Å². The molecule has 0 aromatic heterocycles. The average molecular weight is 219 g/mol. The van der Waals surface area contributed by atoms with Crippen LogP contribution in [0.2, 0.25) is 0 Å². The molecule has 0 aliphatic carbocycles. The van der Waals surface area contributed by atoms with E-state index in [0.717, 1.165) is 12.8 Å². The first-order valence-electron chi connectivity index (χ1n) is 5.90. The molecule has 0 amide bonds. The Labute approximate surface area is 98.3 Å². The van der Waals surface area contributed by atoms with Crippen LogP contribution in [0.4, 0.5) is 0 Å². The maximum absolute atomic E-state index is 5.55. The predicted octanol–water partition coefficient (Wildman–Crippen LogP) is 4.17. The van der Waals surface area contributed by atoms with Crippen molar-refractivity contribution in [1.29, 1.82) is 0 Å². The Bertz CT molecular complexity index is 338. The van der Waals surface area contributed by atoms with Crippen LogP contribution in [0.3, 0.4) is 0 Å². The van der Waals surface area contributed by atoms with Crippen molar-refractivity contribution in [3.05, 3.63) is 34.9 Å². The highest BCUT2D eigenvalue weighted by atomic mass is 16.6. The first kappa shape index (κ1) is 12.8. The fourth-order valence-corrected chi connectivity index (χ4v) is 1.98. The smallest absolute Gasteiger partial charge is 0.153 e. The maximum Gasteiger partial charge on any atom is 0.153 e. The van der Waals surface area contributed by atoms with Gasteiger partial charge in [-0.05, 0) is 38.3 Å². The Balaban J connectivity index is 2.99. The van der Waals surface area contributed by atoms with Crippen LogP contribution in [0.1, 0.15) is 49.5 Å². The average Bonchev–Trinajstić information content (AvgIpc) is 2.25. The van der Waals surface area contributed by atoms with Crippen molar-refractivity contribution in [3.63, 3.8) is 0 Å². The maximum atomic E-state index is 5.55. The molecule has 88 valence electrons. The molecule has 1 rings (SSSR count). The van der Waals surface area contributed by atoms with Crippen LogP contribution in [0, 0.1) is 13.8 Å². The van der Waals surface area contributed by atoms with E-state index in [0.29, 0.717) is 0 Å². The molecule has 0 heterocycles. The minimum atomic E-state index is 0.0856. The fraction of sp³-hybridized carbons (Fsp3) is 0.500. The lowest BCUT2D eigenvalue weighted by atomic mass is 9.95. The van der Waals surface area contributed by atoms with E-state index in [2.05, 4.69) is 44.1 Å². The van der Waals surface area contributed by atoms with E-state index in [-0.39, 0.29) is 6.10 Å². The molecule has 0 fully saturated rings. The van der Waals surface area contributed by atoms with Gasteiger partial charge in [0.05, 0.1) is 0 Å². The minimum Gasteiger partial charge on any atom is -0.388 e. The number of benzene rings is 1. The van der Waals surface area contributed by atoms with Crippen molar-refractivity contribution < 1.29 is 4.84 Å². The largest absolute Gasteiger partial charge is 0.388 e. The zero-order chi connectivity index (χ0) is 12.0. The summed E-state index contributed by atoms with van der Waals surface area (Å²) in [4.78, 5) is 5.55. The zero-order valence-corrected chi connectivity index (χ0v) is 10.7. The number of hydrogen-bond acceptors (Lipinski definition) is 2. The van der Waals surface area contributed by atoms with Gasteiger partial charge >= 0.3 is 0 Å². The monoisotopic (exact) mass is 219 g/mol. The molecular formula is C14H21NO. The van der Waals surface area contributed by atoms with Gasteiger partial charge in [0.2, 0.25) is 0 Å². The van der Waals surface area contributed by atoms with Gasteiger partial charge in [0.1, 0.15) is 0 Å². The van der Waals surface area contributed by atoms with Gasteiger partial charge in [0.25, 0.3) is 0 Å². The summed E-state index contributed by atoms with van der Waals surface area (Å²) < 4.78 is 0. The highest BCUT2D eigenvalue weighted by molar-refractivity contribution is 5.52. The first-order chi connectivity index (χ1) is 7.70. The van der Waals surface area contributed by atoms with Crippen LogP contribution in [-0.2, 0) is 4.84 Å². The first-order valence-corrected chi connectivity index (χ1v) is 5.90. The van der Waals surface area contributed by atoms with Crippen LogP contribution in [0.25, 0.3) is 0 Å². The third-order valence-electron chi connectivity index (χ3n) is 2.71. The molecule has 0 saturated heterocycles. The van der Waals surface area contributed by atoms with E-state index in [4.69, 9.17) is 4.84 Å². The Morgan fingerprint density at radius 2 is 1.94 bits per heavy atom. The Morgan fingerprint density at radius 3 is 2.44 bits per heavy atom. The summed E-state index contributed by atoms with van der Waals surface area (Å²) in [6, 6.07) is 6.34. The minimum absolute atomic E-state index is 0.0856. The SMILES string of the molecule is C/C=N/O[C@H](CCC)c1c(C)cccc1C. The molecule has 0 saturated carbocycles. The highest BCUT2D eigenvalue weighted by Crippen LogP contribution is 2.28. The van der Waals surface area contributed by atoms with Crippen molar-refractivity contribution in [2.75, 3.05) is 0 Å². The molecule has 0 aliphatic heterocycles. The molecule has 0 aliphatic rings. The summed E-state index contributed by atoms with van der Waals surface area (Å²) in [6.45, 7) is 8.29. The number of rotatable bonds is 5. The molecule has 16 heavy (non-hydrogen) atoms. The molecule has 1 atom stereocenters. The lowest BCUT2D eigenvalue weighted by Crippen LogP contribution is -2.05. The van der Waals surface area contributed by atoms with Gasteiger partial charge in [-0.15, -0.1) is 0 Å². The van der Waals surface area contributed by atoms with Crippen LogP contribution >= 0.6 is 0 Å². The highest BCUT2D eigenvalue weighted by Gasteiger charge is 2.16. The number of aryl methyl sites for hydroxylation is 2. The topological polar surface area (TPSA) is 21.6 Å². The Hall–Kier alpha value is -1.31. The van der Waals surface area contributed by atoms with Crippen LogP contribution < -0.4 is 0 Å². The number of nitrogens with zero attached hydrogens (tertiary/aromatic N) is 1. The lowest BCUT2D eigenvalue weighted by molar-refractivity contribution is 0.0517. The summed E-state index contributed by atoms with van der Waals surface area (Å²) >= 11 is 0. The van der Waals surface area contributed by atoms with Crippen molar-refractivity contribution in [2.24, 2.45) is 5.16 Å². The third kappa shape index (κ3) is 3.09. The fourth-order valence-electron chi connectivity index (χ4n) is 1.98. The summed E-state index contributed by atoms with van der Waals surface area (Å²) in [5, 5.41) is 3.92. The second kappa shape index (κ2) is 6.31. The number of hydrogen-bond donors (Lipinski definition) is 0. The van der Waals surface area contributed by atoms with Gasteiger partial charge in [0, 0.05) is 11.8 Å². The molecule has 0 N–H and O–H groups in total. The second-order valence-electron chi connectivity index (χ2n) is 4.05. The standard InChI is InChI=1S/C14H21NO/c1-5-8-13(16-15-6-2)14-11(3)9-7-10-12(14)4/h6-7,9-10,13H,5,8H2,1-4H3/b15-6+/t13-/m1/s1. The summed E-state index contributed by atoms with van der Waals surface area (Å²) in [5.41, 5.74) is 3.85. The molecular weight excluding hydrogens is 198 g/mol. The molecule has 2 heteroatoms. The summed E-state index contributed by atoms with van der Waals surface area (Å²) in [6.07, 6.45) is 3.87. The second-order valence-corrected chi connectivity index (χ2v) is 4.05. The normalized spacial score (nSPS) is 13.0. The summed E-state index contributed by atoms with van der Waals surface area (Å²) in [7, 11) is 0. The van der Waals surface area contributed by atoms with E-state index in [1.807, 2.05) is 6.92 Å². The Morgan fingerprint density at radius 1 is 1.31 bits per heavy atom. The van der Waals surface area contributed by atoms with E-state index in [1.165, 1.54) is 16.7 Å². The van der Waals surface area contributed by atoms with E-state index < -0.39 is 0 Å². The Kier molecular flexibility index (Phi) is 5.03. The van der Waals surface area contributed by atoms with Gasteiger partial charge in [-0.25, -0.2) is 0 Å². The molecule has 0 radical (unpaired) electrons.